The number of hydrogen-bond donors (Lipinski definition) is 2. The number of amides is 1. The van der Waals surface area contributed by atoms with Crippen LogP contribution in [0.4, 0.5) is 0 Å². The number of carboxylic acid groups (broad SMARTS) is 1. The lowest BCUT2D eigenvalue weighted by molar-refractivity contribution is -0.149. The molecule has 0 radical (unpaired) electrons. The topological polar surface area (TPSA) is 105 Å². The lowest BCUT2D eigenvalue weighted by Gasteiger charge is -2.36. The molecule has 0 aliphatic heterocycles. The van der Waals surface area contributed by atoms with Crippen LogP contribution in [0, 0.1) is 5.92 Å². The molecular weight excluding hydrogens is 342 g/mol. The number of aromatic nitrogens is 2. The summed E-state index contributed by atoms with van der Waals surface area (Å²) in [6.07, 6.45) is 2.96. The molecular formula is C17H21N3O4S. The van der Waals surface area contributed by atoms with Crippen LogP contribution < -0.4 is 5.32 Å². The van der Waals surface area contributed by atoms with Gasteiger partial charge in [0.25, 0.3) is 0 Å². The SMILES string of the molecule is CC1CCC(NC(=O)CCc2nc(-c3cccs3)no2)(C(=O)O)CC1. The van der Waals surface area contributed by atoms with Crippen molar-refractivity contribution < 1.29 is 19.2 Å². The van der Waals surface area contributed by atoms with Gasteiger partial charge in [-0.1, -0.05) is 18.1 Å². The van der Waals surface area contributed by atoms with E-state index in [1.807, 2.05) is 17.5 Å². The number of carbonyl (C=O) groups excluding carboxylic acids is 1. The Morgan fingerprint density at radius 1 is 1.44 bits per heavy atom. The van der Waals surface area contributed by atoms with Gasteiger partial charge in [0.1, 0.15) is 5.54 Å². The Morgan fingerprint density at radius 3 is 2.84 bits per heavy atom. The van der Waals surface area contributed by atoms with E-state index < -0.39 is 11.5 Å². The number of nitrogens with zero attached hydrogens (tertiary/aromatic N) is 2. The van der Waals surface area contributed by atoms with Crippen molar-refractivity contribution in [2.24, 2.45) is 5.92 Å². The molecule has 0 bridgehead atoms. The van der Waals surface area contributed by atoms with Gasteiger partial charge in [-0.15, -0.1) is 11.3 Å². The van der Waals surface area contributed by atoms with Gasteiger partial charge in [0.15, 0.2) is 0 Å². The fourth-order valence-corrected chi connectivity index (χ4v) is 3.71. The number of hydrogen-bond acceptors (Lipinski definition) is 6. The van der Waals surface area contributed by atoms with Crippen LogP contribution in [0.2, 0.25) is 0 Å². The molecule has 2 aromatic heterocycles. The third-order valence-corrected chi connectivity index (χ3v) is 5.56. The van der Waals surface area contributed by atoms with Crippen molar-refractivity contribution in [1.29, 1.82) is 0 Å². The average molecular weight is 363 g/mol. The van der Waals surface area contributed by atoms with Crippen LogP contribution in [0.3, 0.4) is 0 Å². The lowest BCUT2D eigenvalue weighted by atomic mass is 9.77. The van der Waals surface area contributed by atoms with Gasteiger partial charge in [-0.2, -0.15) is 4.98 Å². The summed E-state index contributed by atoms with van der Waals surface area (Å²) >= 11 is 1.51. The molecule has 1 aliphatic rings. The van der Waals surface area contributed by atoms with E-state index in [0.29, 0.717) is 30.5 Å². The Balaban J connectivity index is 1.56. The van der Waals surface area contributed by atoms with E-state index in [0.717, 1.165) is 17.7 Å². The van der Waals surface area contributed by atoms with E-state index in [1.54, 1.807) is 0 Å². The summed E-state index contributed by atoms with van der Waals surface area (Å²) in [5.41, 5.74) is -1.14. The maximum atomic E-state index is 12.2. The first-order valence-corrected chi connectivity index (χ1v) is 9.27. The molecule has 1 aliphatic carbocycles. The Morgan fingerprint density at radius 2 is 2.20 bits per heavy atom. The van der Waals surface area contributed by atoms with Crippen molar-refractivity contribution in [3.8, 4) is 10.7 Å². The second kappa shape index (κ2) is 7.35. The second-order valence-electron chi connectivity index (χ2n) is 6.61. The van der Waals surface area contributed by atoms with Gasteiger partial charge in [-0.3, -0.25) is 4.79 Å². The highest BCUT2D eigenvalue weighted by molar-refractivity contribution is 7.13. The minimum absolute atomic E-state index is 0.122. The van der Waals surface area contributed by atoms with Gasteiger partial charge in [0.05, 0.1) is 4.88 Å². The van der Waals surface area contributed by atoms with Gasteiger partial charge in [0.2, 0.25) is 17.6 Å². The first-order chi connectivity index (χ1) is 12.0. The van der Waals surface area contributed by atoms with E-state index >= 15 is 0 Å². The fourth-order valence-electron chi connectivity index (χ4n) is 3.06. The van der Waals surface area contributed by atoms with E-state index in [2.05, 4.69) is 22.4 Å². The molecule has 3 rings (SSSR count). The highest BCUT2D eigenvalue weighted by atomic mass is 32.1. The number of carboxylic acids is 1. The smallest absolute Gasteiger partial charge is 0.329 e. The molecule has 2 aromatic rings. The summed E-state index contributed by atoms with van der Waals surface area (Å²) < 4.78 is 5.16. The van der Waals surface area contributed by atoms with Crippen molar-refractivity contribution in [2.75, 3.05) is 0 Å². The summed E-state index contributed by atoms with van der Waals surface area (Å²) in [5, 5.41) is 18.1. The number of aliphatic carboxylic acids is 1. The van der Waals surface area contributed by atoms with Crippen LogP contribution in [0.5, 0.6) is 0 Å². The fraction of sp³-hybridized carbons (Fsp3) is 0.529. The molecule has 1 amide bonds. The zero-order chi connectivity index (χ0) is 17.9. The van der Waals surface area contributed by atoms with Gasteiger partial charge in [-0.05, 0) is 43.0 Å². The van der Waals surface area contributed by atoms with E-state index in [4.69, 9.17) is 4.52 Å². The third kappa shape index (κ3) is 4.07. The molecule has 134 valence electrons. The van der Waals surface area contributed by atoms with Gasteiger partial charge in [-0.25, -0.2) is 4.79 Å². The van der Waals surface area contributed by atoms with Gasteiger partial charge in [0, 0.05) is 12.8 Å². The van der Waals surface area contributed by atoms with Crippen LogP contribution in [0.1, 0.15) is 44.9 Å². The molecule has 0 unspecified atom stereocenters. The van der Waals surface area contributed by atoms with Crippen molar-refractivity contribution in [2.45, 2.75) is 51.0 Å². The summed E-state index contributed by atoms with van der Waals surface area (Å²) in [5.74, 6) is 0.130. The van der Waals surface area contributed by atoms with Crippen molar-refractivity contribution in [3.63, 3.8) is 0 Å². The monoisotopic (exact) mass is 363 g/mol. The molecule has 0 spiro atoms. The molecule has 2 heterocycles. The second-order valence-corrected chi connectivity index (χ2v) is 7.55. The Hall–Kier alpha value is -2.22. The van der Waals surface area contributed by atoms with Crippen LogP contribution in [0.15, 0.2) is 22.0 Å². The molecule has 1 fully saturated rings. The Kier molecular flexibility index (Phi) is 5.17. The number of aryl methyl sites for hydroxylation is 1. The molecule has 25 heavy (non-hydrogen) atoms. The summed E-state index contributed by atoms with van der Waals surface area (Å²) in [4.78, 5) is 29.1. The van der Waals surface area contributed by atoms with Gasteiger partial charge < -0.3 is 14.9 Å². The first kappa shape index (κ1) is 17.6. The number of rotatable bonds is 6. The molecule has 0 saturated heterocycles. The van der Waals surface area contributed by atoms with Crippen molar-refractivity contribution in [3.05, 3.63) is 23.4 Å². The average Bonchev–Trinajstić information content (AvgIpc) is 3.26. The minimum atomic E-state index is -1.14. The zero-order valence-corrected chi connectivity index (χ0v) is 14.8. The molecule has 1 saturated carbocycles. The lowest BCUT2D eigenvalue weighted by Crippen LogP contribution is -2.56. The standard InChI is InChI=1S/C17H21N3O4S/c1-11-6-8-17(9-7-11,16(22)23)19-13(21)4-5-14-18-15(20-24-14)12-3-2-10-25-12/h2-3,10-11H,4-9H2,1H3,(H,19,21)(H,22,23). The zero-order valence-electron chi connectivity index (χ0n) is 14.0. The third-order valence-electron chi connectivity index (χ3n) is 4.69. The van der Waals surface area contributed by atoms with E-state index in [1.165, 1.54) is 11.3 Å². The summed E-state index contributed by atoms with van der Waals surface area (Å²) in [6, 6.07) is 3.80. The van der Waals surface area contributed by atoms with Crippen molar-refractivity contribution >= 4 is 23.2 Å². The minimum Gasteiger partial charge on any atom is -0.480 e. The van der Waals surface area contributed by atoms with Crippen LogP contribution in [-0.4, -0.2) is 32.7 Å². The Labute approximate surface area is 149 Å². The van der Waals surface area contributed by atoms with Gasteiger partial charge >= 0.3 is 5.97 Å². The number of nitrogens with one attached hydrogen (secondary N) is 1. The predicted molar refractivity (Wildman–Crippen MR) is 92.1 cm³/mol. The highest BCUT2D eigenvalue weighted by Crippen LogP contribution is 2.32. The Bertz CT molecular complexity index is 733. The first-order valence-electron chi connectivity index (χ1n) is 8.39. The molecule has 7 nitrogen and oxygen atoms in total. The van der Waals surface area contributed by atoms with Crippen LogP contribution in [0.25, 0.3) is 10.7 Å². The summed E-state index contributed by atoms with van der Waals surface area (Å²) in [6.45, 7) is 2.11. The molecule has 8 heteroatoms. The maximum Gasteiger partial charge on any atom is 0.329 e. The number of thiophene rings is 1. The molecule has 2 N–H and O–H groups in total. The predicted octanol–water partition coefficient (Wildman–Crippen LogP) is 2.88. The molecule has 0 atom stereocenters. The van der Waals surface area contributed by atoms with E-state index in [-0.39, 0.29) is 18.7 Å². The van der Waals surface area contributed by atoms with Crippen LogP contribution in [-0.2, 0) is 16.0 Å². The quantitative estimate of drug-likeness (QED) is 0.817. The largest absolute Gasteiger partial charge is 0.480 e. The van der Waals surface area contributed by atoms with Crippen LogP contribution >= 0.6 is 11.3 Å². The van der Waals surface area contributed by atoms with E-state index in [9.17, 15) is 14.7 Å². The molecule has 0 aromatic carbocycles. The summed E-state index contributed by atoms with van der Waals surface area (Å²) in [7, 11) is 0. The normalized spacial score (nSPS) is 23.3. The van der Waals surface area contributed by atoms with Crippen molar-refractivity contribution in [1.82, 2.24) is 15.5 Å². The number of carbonyl (C=O) groups is 2. The highest BCUT2D eigenvalue weighted by Gasteiger charge is 2.42. The maximum absolute atomic E-state index is 12.2.